The zero-order chi connectivity index (χ0) is 10.6. The average molecular weight is 200 g/mol. The maximum absolute atomic E-state index is 11.3. The van der Waals surface area contributed by atoms with Crippen molar-refractivity contribution in [3.05, 3.63) is 0 Å². The van der Waals surface area contributed by atoms with Crippen LogP contribution in [0.25, 0.3) is 0 Å². The van der Waals surface area contributed by atoms with Crippen molar-refractivity contribution in [2.24, 2.45) is 0 Å². The number of rotatable bonds is 3. The van der Waals surface area contributed by atoms with E-state index in [9.17, 15) is 9.59 Å². The summed E-state index contributed by atoms with van der Waals surface area (Å²) in [5.41, 5.74) is 0. The molecule has 1 amide bonds. The number of esters is 1. The Kier molecular flexibility index (Phi) is 3.88. The number of likely N-dealkylation sites (N-methyl/N-ethyl adjacent to an activating group) is 1. The van der Waals surface area contributed by atoms with Crippen molar-refractivity contribution < 1.29 is 14.3 Å². The summed E-state index contributed by atoms with van der Waals surface area (Å²) in [7, 11) is 3.26. The fourth-order valence-electron chi connectivity index (χ4n) is 1.25. The Balaban J connectivity index is 2.23. The van der Waals surface area contributed by atoms with E-state index < -0.39 is 0 Å². The molecule has 1 rings (SSSR count). The Hall–Kier alpha value is -1.10. The molecular formula is C9H16N2O3. The molecule has 80 valence electrons. The fraction of sp³-hybridized carbons (Fsp3) is 0.778. The molecule has 1 saturated heterocycles. The van der Waals surface area contributed by atoms with Gasteiger partial charge in [0.15, 0.2) is 6.61 Å². The van der Waals surface area contributed by atoms with E-state index in [1.165, 1.54) is 4.90 Å². The van der Waals surface area contributed by atoms with E-state index >= 15 is 0 Å². The highest BCUT2D eigenvalue weighted by molar-refractivity contribution is 5.82. The molecular weight excluding hydrogens is 184 g/mol. The van der Waals surface area contributed by atoms with Crippen molar-refractivity contribution in [1.29, 1.82) is 0 Å². The molecule has 1 aliphatic heterocycles. The summed E-state index contributed by atoms with van der Waals surface area (Å²) in [6, 6.07) is -0.218. The molecule has 0 saturated carbocycles. The summed E-state index contributed by atoms with van der Waals surface area (Å²) in [6.07, 6.45) is 1.79. The minimum absolute atomic E-state index is 0.163. The zero-order valence-electron chi connectivity index (χ0n) is 8.58. The monoisotopic (exact) mass is 200 g/mol. The van der Waals surface area contributed by atoms with Crippen LogP contribution in [0.4, 0.5) is 0 Å². The smallest absolute Gasteiger partial charge is 0.323 e. The Bertz CT molecular complexity index is 222. The predicted molar refractivity (Wildman–Crippen MR) is 50.7 cm³/mol. The number of carbonyl (C=O) groups excluding carboxylic acids is 2. The van der Waals surface area contributed by atoms with Crippen LogP contribution in [0.5, 0.6) is 0 Å². The molecule has 5 heteroatoms. The number of hydrogen-bond acceptors (Lipinski definition) is 4. The van der Waals surface area contributed by atoms with E-state index in [-0.39, 0.29) is 24.5 Å². The molecule has 1 N–H and O–H groups in total. The van der Waals surface area contributed by atoms with Crippen molar-refractivity contribution in [2.75, 3.05) is 27.2 Å². The molecule has 1 atom stereocenters. The Labute approximate surface area is 83.4 Å². The second-order valence-corrected chi connectivity index (χ2v) is 3.54. The van der Waals surface area contributed by atoms with Gasteiger partial charge in [0.05, 0.1) is 0 Å². The van der Waals surface area contributed by atoms with Crippen molar-refractivity contribution in [3.63, 3.8) is 0 Å². The zero-order valence-corrected chi connectivity index (χ0v) is 8.58. The lowest BCUT2D eigenvalue weighted by atomic mass is 10.2. The van der Waals surface area contributed by atoms with Crippen LogP contribution in [0.2, 0.25) is 0 Å². The number of hydrogen-bond donors (Lipinski definition) is 1. The van der Waals surface area contributed by atoms with Crippen molar-refractivity contribution in [1.82, 2.24) is 10.2 Å². The van der Waals surface area contributed by atoms with Gasteiger partial charge >= 0.3 is 5.97 Å². The molecule has 0 aromatic rings. The molecule has 5 nitrogen and oxygen atoms in total. The van der Waals surface area contributed by atoms with E-state index in [4.69, 9.17) is 4.74 Å². The van der Waals surface area contributed by atoms with E-state index in [1.54, 1.807) is 14.1 Å². The van der Waals surface area contributed by atoms with Gasteiger partial charge in [-0.25, -0.2) is 0 Å². The van der Waals surface area contributed by atoms with Gasteiger partial charge in [-0.2, -0.15) is 0 Å². The molecule has 0 aromatic heterocycles. The van der Waals surface area contributed by atoms with Gasteiger partial charge in [-0.15, -0.1) is 0 Å². The van der Waals surface area contributed by atoms with Crippen LogP contribution >= 0.6 is 0 Å². The SMILES string of the molecule is CN(C)C(=O)COC(=O)[C@H]1CCCN1. The van der Waals surface area contributed by atoms with Crippen LogP contribution in [0.15, 0.2) is 0 Å². The number of amides is 1. The first-order valence-corrected chi connectivity index (χ1v) is 4.71. The molecule has 0 unspecified atom stereocenters. The Morgan fingerprint density at radius 1 is 1.50 bits per heavy atom. The molecule has 0 aromatic carbocycles. The van der Waals surface area contributed by atoms with E-state index in [1.807, 2.05) is 0 Å². The molecule has 0 radical (unpaired) electrons. The first-order valence-electron chi connectivity index (χ1n) is 4.71. The predicted octanol–water partition coefficient (Wildman–Crippen LogP) is -0.630. The molecule has 14 heavy (non-hydrogen) atoms. The highest BCUT2D eigenvalue weighted by Gasteiger charge is 2.23. The summed E-state index contributed by atoms with van der Waals surface area (Å²) in [6.45, 7) is 0.686. The van der Waals surface area contributed by atoms with Crippen LogP contribution in [-0.2, 0) is 14.3 Å². The summed E-state index contributed by atoms with van der Waals surface area (Å²) < 4.78 is 4.86. The Morgan fingerprint density at radius 2 is 2.21 bits per heavy atom. The van der Waals surface area contributed by atoms with Gasteiger partial charge in [-0.3, -0.25) is 9.59 Å². The minimum atomic E-state index is -0.322. The summed E-state index contributed by atoms with van der Waals surface area (Å²) in [4.78, 5) is 23.8. The number of nitrogens with one attached hydrogen (secondary N) is 1. The maximum Gasteiger partial charge on any atom is 0.323 e. The second-order valence-electron chi connectivity index (χ2n) is 3.54. The van der Waals surface area contributed by atoms with Crippen molar-refractivity contribution in [3.8, 4) is 0 Å². The Morgan fingerprint density at radius 3 is 2.71 bits per heavy atom. The minimum Gasteiger partial charge on any atom is -0.454 e. The van der Waals surface area contributed by atoms with Crippen LogP contribution < -0.4 is 5.32 Å². The van der Waals surface area contributed by atoms with Gasteiger partial charge in [0.2, 0.25) is 0 Å². The third-order valence-electron chi connectivity index (χ3n) is 2.18. The molecule has 1 aliphatic rings. The topological polar surface area (TPSA) is 58.6 Å². The van der Waals surface area contributed by atoms with Crippen molar-refractivity contribution in [2.45, 2.75) is 18.9 Å². The third kappa shape index (κ3) is 2.99. The van der Waals surface area contributed by atoms with Gasteiger partial charge in [-0.05, 0) is 19.4 Å². The summed E-state index contributed by atoms with van der Waals surface area (Å²) in [5, 5.41) is 3.01. The molecule has 1 fully saturated rings. The summed E-state index contributed by atoms with van der Waals surface area (Å²) in [5.74, 6) is -0.519. The number of nitrogens with zero attached hydrogens (tertiary/aromatic N) is 1. The third-order valence-corrected chi connectivity index (χ3v) is 2.18. The lowest BCUT2D eigenvalue weighted by molar-refractivity contribution is -0.152. The number of ether oxygens (including phenoxy) is 1. The normalized spacial score (nSPS) is 20.6. The molecule has 1 heterocycles. The highest BCUT2D eigenvalue weighted by Crippen LogP contribution is 2.06. The first-order chi connectivity index (χ1) is 6.61. The van der Waals surface area contributed by atoms with E-state index in [2.05, 4.69) is 5.32 Å². The van der Waals surface area contributed by atoms with Crippen molar-refractivity contribution >= 4 is 11.9 Å². The first kappa shape index (κ1) is 11.0. The number of carbonyl (C=O) groups is 2. The van der Waals surface area contributed by atoms with E-state index in [0.717, 1.165) is 19.4 Å². The lowest BCUT2D eigenvalue weighted by Crippen LogP contribution is -2.35. The van der Waals surface area contributed by atoms with Gasteiger partial charge < -0.3 is 15.0 Å². The standard InChI is InChI=1S/C9H16N2O3/c1-11(2)8(12)6-14-9(13)7-4-3-5-10-7/h7,10H,3-6H2,1-2H3/t7-/m1/s1. The van der Waals surface area contributed by atoms with Gasteiger partial charge in [0.25, 0.3) is 5.91 Å². The lowest BCUT2D eigenvalue weighted by Gasteiger charge is -2.12. The highest BCUT2D eigenvalue weighted by atomic mass is 16.5. The summed E-state index contributed by atoms with van der Waals surface area (Å²) >= 11 is 0. The average Bonchev–Trinajstić information content (AvgIpc) is 2.66. The molecule has 0 spiro atoms. The second kappa shape index (κ2) is 4.95. The largest absolute Gasteiger partial charge is 0.454 e. The molecule has 0 bridgehead atoms. The molecule has 0 aliphatic carbocycles. The van der Waals surface area contributed by atoms with Crippen LogP contribution in [0.3, 0.4) is 0 Å². The van der Waals surface area contributed by atoms with Crippen LogP contribution in [0.1, 0.15) is 12.8 Å². The van der Waals surface area contributed by atoms with Gasteiger partial charge in [-0.1, -0.05) is 0 Å². The van der Waals surface area contributed by atoms with Gasteiger partial charge in [0.1, 0.15) is 6.04 Å². The van der Waals surface area contributed by atoms with Crippen LogP contribution in [0, 0.1) is 0 Å². The van der Waals surface area contributed by atoms with E-state index in [0.29, 0.717) is 0 Å². The maximum atomic E-state index is 11.3. The fourth-order valence-corrected chi connectivity index (χ4v) is 1.25. The van der Waals surface area contributed by atoms with Gasteiger partial charge in [0, 0.05) is 14.1 Å². The quantitative estimate of drug-likeness (QED) is 0.616. The van der Waals surface area contributed by atoms with Crippen LogP contribution in [-0.4, -0.2) is 50.1 Å².